The van der Waals surface area contributed by atoms with Crippen LogP contribution in [-0.4, -0.2) is 29.8 Å². The largest absolute Gasteiger partial charge is 0.317 e. The van der Waals surface area contributed by atoms with E-state index >= 15 is 0 Å². The van der Waals surface area contributed by atoms with Gasteiger partial charge >= 0.3 is 0 Å². The molecule has 0 bridgehead atoms. The smallest absolute Gasteiger partial charge is 0.0459 e. The van der Waals surface area contributed by atoms with E-state index < -0.39 is 0 Å². The highest BCUT2D eigenvalue weighted by Gasteiger charge is 2.36. The monoisotopic (exact) mass is 300 g/mol. The number of hydrogen-bond acceptors (Lipinski definition) is 2. The molecule has 1 saturated carbocycles. The van der Waals surface area contributed by atoms with Gasteiger partial charge in [-0.05, 0) is 70.8 Å². The van der Waals surface area contributed by atoms with Crippen LogP contribution in [0.2, 0.25) is 0 Å². The van der Waals surface area contributed by atoms with Gasteiger partial charge in [-0.25, -0.2) is 0 Å². The summed E-state index contributed by atoms with van der Waals surface area (Å²) in [7, 11) is 2.01. The molecule has 1 fully saturated rings. The Bertz CT molecular complexity index is 304. The maximum absolute atomic E-state index is 14.9. The summed E-state index contributed by atoms with van der Waals surface area (Å²) in [6.45, 7) is 13.3. The number of rotatable bonds is 7. The molecular weight excluding hydrogens is 263 g/mol. The zero-order valence-corrected chi connectivity index (χ0v) is 15.3. The number of nitrogens with zero attached hydrogens (tertiary/aromatic N) is 1. The zero-order valence-electron chi connectivity index (χ0n) is 15.3. The molecule has 0 heterocycles. The van der Waals surface area contributed by atoms with Gasteiger partial charge in [0.15, 0.2) is 0 Å². The van der Waals surface area contributed by atoms with Crippen molar-refractivity contribution in [3.63, 3.8) is 0 Å². The molecule has 0 atom stereocenters. The molecule has 3 heteroatoms. The summed E-state index contributed by atoms with van der Waals surface area (Å²) in [5.74, 6) is 0.632. The van der Waals surface area contributed by atoms with Gasteiger partial charge in [-0.2, -0.15) is 0 Å². The first kappa shape index (κ1) is 18.9. The standard InChI is InChI=1S/C18H37FN2/c1-14(2)17(3,4)12-13-18(5,6)21(19)16-10-8-15(20-7)9-11-16/h14-16,20H,8-13H2,1-7H3. The molecule has 0 radical (unpaired) electrons. The molecule has 1 aliphatic carbocycles. The van der Waals surface area contributed by atoms with Crippen molar-refractivity contribution in [2.45, 2.75) is 97.7 Å². The lowest BCUT2D eigenvalue weighted by Crippen LogP contribution is -2.48. The Morgan fingerprint density at radius 3 is 2.00 bits per heavy atom. The van der Waals surface area contributed by atoms with Crippen LogP contribution in [0.3, 0.4) is 0 Å². The molecule has 0 saturated heterocycles. The van der Waals surface area contributed by atoms with E-state index in [1.165, 1.54) is 5.12 Å². The Morgan fingerprint density at radius 2 is 1.57 bits per heavy atom. The minimum absolute atomic E-state index is 0.103. The van der Waals surface area contributed by atoms with Crippen LogP contribution in [0.15, 0.2) is 0 Å². The molecule has 126 valence electrons. The van der Waals surface area contributed by atoms with Crippen molar-refractivity contribution < 1.29 is 4.48 Å². The Morgan fingerprint density at radius 1 is 1.05 bits per heavy atom. The normalized spacial score (nSPS) is 24.9. The molecule has 0 spiro atoms. The van der Waals surface area contributed by atoms with E-state index in [2.05, 4.69) is 46.9 Å². The van der Waals surface area contributed by atoms with Gasteiger partial charge in [0.1, 0.15) is 0 Å². The first-order valence-electron chi connectivity index (χ1n) is 8.72. The van der Waals surface area contributed by atoms with Crippen LogP contribution in [0.1, 0.15) is 80.1 Å². The first-order chi connectivity index (χ1) is 9.60. The Hall–Kier alpha value is -0.150. The molecule has 21 heavy (non-hydrogen) atoms. The molecule has 0 aliphatic heterocycles. The summed E-state index contributed by atoms with van der Waals surface area (Å²) < 4.78 is 14.9. The first-order valence-corrected chi connectivity index (χ1v) is 8.72. The van der Waals surface area contributed by atoms with E-state index in [4.69, 9.17) is 0 Å². The van der Waals surface area contributed by atoms with Gasteiger partial charge in [-0.1, -0.05) is 27.7 Å². The van der Waals surface area contributed by atoms with Crippen LogP contribution in [0.5, 0.6) is 0 Å². The van der Waals surface area contributed by atoms with Crippen molar-refractivity contribution in [2.24, 2.45) is 11.3 Å². The number of halogens is 1. The lowest BCUT2D eigenvalue weighted by atomic mass is 9.75. The number of hydrogen-bond donors (Lipinski definition) is 1. The van der Waals surface area contributed by atoms with E-state index in [1.807, 2.05) is 7.05 Å². The molecule has 1 aliphatic rings. The molecule has 0 aromatic heterocycles. The summed E-state index contributed by atoms with van der Waals surface area (Å²) in [6, 6.07) is 0.685. The fraction of sp³-hybridized carbons (Fsp3) is 1.00. The van der Waals surface area contributed by atoms with Crippen molar-refractivity contribution in [1.29, 1.82) is 0 Å². The summed E-state index contributed by atoms with van der Waals surface area (Å²) in [5.41, 5.74) is -0.0782. The van der Waals surface area contributed by atoms with Gasteiger partial charge in [0, 0.05) is 17.6 Å². The van der Waals surface area contributed by atoms with E-state index in [0.717, 1.165) is 38.5 Å². The molecule has 1 rings (SSSR count). The predicted molar refractivity (Wildman–Crippen MR) is 90.0 cm³/mol. The quantitative estimate of drug-likeness (QED) is 0.670. The fourth-order valence-electron chi connectivity index (χ4n) is 3.11. The third kappa shape index (κ3) is 5.21. The topological polar surface area (TPSA) is 15.3 Å². The predicted octanol–water partition coefficient (Wildman–Crippen LogP) is 4.94. The second-order valence-corrected chi connectivity index (χ2v) is 8.56. The third-order valence-electron chi connectivity index (χ3n) is 5.95. The molecule has 1 N–H and O–H groups in total. The second kappa shape index (κ2) is 7.41. The fourth-order valence-corrected chi connectivity index (χ4v) is 3.11. The minimum Gasteiger partial charge on any atom is -0.317 e. The molecule has 0 aromatic rings. The van der Waals surface area contributed by atoms with E-state index in [0.29, 0.717) is 12.0 Å². The van der Waals surface area contributed by atoms with Gasteiger partial charge < -0.3 is 5.32 Å². The summed E-state index contributed by atoms with van der Waals surface area (Å²) in [5, 5.41) is 4.49. The van der Waals surface area contributed by atoms with E-state index in [9.17, 15) is 4.48 Å². The molecule has 0 unspecified atom stereocenters. The zero-order chi connectivity index (χ0) is 16.3. The second-order valence-electron chi connectivity index (χ2n) is 8.56. The van der Waals surface area contributed by atoms with Gasteiger partial charge in [0.25, 0.3) is 0 Å². The Labute approximate surface area is 131 Å². The van der Waals surface area contributed by atoms with Gasteiger partial charge in [0.2, 0.25) is 0 Å². The van der Waals surface area contributed by atoms with Crippen molar-refractivity contribution in [1.82, 2.24) is 10.4 Å². The highest BCUT2D eigenvalue weighted by atomic mass is 19.2. The van der Waals surface area contributed by atoms with Gasteiger partial charge in [-0.15, -0.1) is 9.60 Å². The highest BCUT2D eigenvalue weighted by molar-refractivity contribution is 4.88. The maximum atomic E-state index is 14.9. The molecule has 2 nitrogen and oxygen atoms in total. The maximum Gasteiger partial charge on any atom is 0.0459 e. The molecule has 0 amide bonds. The van der Waals surface area contributed by atoms with Crippen molar-refractivity contribution in [3.8, 4) is 0 Å². The number of nitrogens with one attached hydrogen (secondary N) is 1. The summed E-state index contributed by atoms with van der Waals surface area (Å²) in [6.07, 6.45) is 6.12. The Balaban J connectivity index is 2.53. The molecular formula is C18H37FN2. The summed E-state index contributed by atoms with van der Waals surface area (Å²) in [4.78, 5) is 0. The van der Waals surface area contributed by atoms with Gasteiger partial charge in [-0.3, -0.25) is 0 Å². The lowest BCUT2D eigenvalue weighted by Gasteiger charge is -2.42. The van der Waals surface area contributed by atoms with Crippen molar-refractivity contribution in [2.75, 3.05) is 7.05 Å². The van der Waals surface area contributed by atoms with Crippen molar-refractivity contribution in [3.05, 3.63) is 0 Å². The third-order valence-corrected chi connectivity index (χ3v) is 5.95. The SMILES string of the molecule is CNC1CCC(N(F)C(C)(C)CCC(C)(C)C(C)C)CC1. The average Bonchev–Trinajstić information content (AvgIpc) is 2.44. The van der Waals surface area contributed by atoms with Gasteiger partial charge in [0.05, 0.1) is 0 Å². The van der Waals surface area contributed by atoms with Crippen LogP contribution in [0, 0.1) is 11.3 Å². The van der Waals surface area contributed by atoms with Crippen LogP contribution >= 0.6 is 0 Å². The minimum atomic E-state index is -0.358. The van der Waals surface area contributed by atoms with Crippen LogP contribution in [0.4, 0.5) is 4.48 Å². The highest BCUT2D eigenvalue weighted by Crippen LogP contribution is 2.37. The van der Waals surface area contributed by atoms with Crippen LogP contribution in [0.25, 0.3) is 0 Å². The van der Waals surface area contributed by atoms with Crippen LogP contribution in [-0.2, 0) is 0 Å². The van der Waals surface area contributed by atoms with E-state index in [-0.39, 0.29) is 17.0 Å². The van der Waals surface area contributed by atoms with Crippen molar-refractivity contribution >= 4 is 0 Å². The van der Waals surface area contributed by atoms with Crippen LogP contribution < -0.4 is 5.32 Å². The molecule has 0 aromatic carbocycles. The van der Waals surface area contributed by atoms with E-state index in [1.54, 1.807) is 0 Å². The lowest BCUT2D eigenvalue weighted by molar-refractivity contribution is -0.123. The average molecular weight is 301 g/mol. The summed E-state index contributed by atoms with van der Waals surface area (Å²) >= 11 is 0. The Kier molecular flexibility index (Phi) is 6.67.